The maximum atomic E-state index is 11.8. The number of hydrogen-bond donors (Lipinski definition) is 1. The van der Waals surface area contributed by atoms with Gasteiger partial charge in [-0.05, 0) is 18.6 Å². The minimum atomic E-state index is -4.90. The normalized spacial score (nSPS) is 12.0. The Morgan fingerprint density at radius 3 is 2.30 bits per heavy atom. The Kier molecular flexibility index (Phi) is 1.46. The molecule has 0 aliphatic heterocycles. The van der Waals surface area contributed by atoms with Gasteiger partial charge in [0, 0.05) is 0 Å². The first-order chi connectivity index (χ1) is 4.50. The third kappa shape index (κ3) is 1.31. The van der Waals surface area contributed by atoms with E-state index in [2.05, 4.69) is 5.10 Å². The first-order valence-electron chi connectivity index (χ1n) is 2.72. The van der Waals surface area contributed by atoms with Gasteiger partial charge in [-0.25, -0.2) is 0 Å². The van der Waals surface area contributed by atoms with Gasteiger partial charge in [0.05, 0.1) is 5.69 Å². The molecule has 6 heteroatoms. The molecule has 0 spiro atoms. The van der Waals surface area contributed by atoms with Crippen molar-refractivity contribution in [2.45, 2.75) is 6.92 Å². The standard InChI is InChI=1S/C4H5BF3N2/c1-3-2-4(10-9-3)5(6,7)8/h2H,1H3,(H,9,10)/q-1. The van der Waals surface area contributed by atoms with Crippen molar-refractivity contribution >= 4 is 12.6 Å². The number of hydrogen-bond acceptors (Lipinski definition) is 1. The molecule has 0 unspecified atom stereocenters. The molecule has 1 N–H and O–H groups in total. The molecule has 0 aromatic carbocycles. The molecule has 0 saturated heterocycles. The summed E-state index contributed by atoms with van der Waals surface area (Å²) in [6.45, 7) is -3.40. The summed E-state index contributed by atoms with van der Waals surface area (Å²) in [5.41, 5.74) is -0.383. The van der Waals surface area contributed by atoms with Crippen LogP contribution in [0.4, 0.5) is 12.9 Å². The van der Waals surface area contributed by atoms with Gasteiger partial charge < -0.3 is 18.0 Å². The number of rotatable bonds is 1. The van der Waals surface area contributed by atoms with Crippen molar-refractivity contribution in [1.82, 2.24) is 10.2 Å². The minimum absolute atomic E-state index is 0.356. The third-order valence-corrected chi connectivity index (χ3v) is 1.08. The molecule has 0 radical (unpaired) electrons. The van der Waals surface area contributed by atoms with Gasteiger partial charge in [-0.2, -0.15) is 5.10 Å². The van der Waals surface area contributed by atoms with E-state index >= 15 is 0 Å². The predicted octanol–water partition coefficient (Wildman–Crippen LogP) is 0.773. The quantitative estimate of drug-likeness (QED) is 0.587. The van der Waals surface area contributed by atoms with E-state index in [1.807, 2.05) is 5.10 Å². The monoisotopic (exact) mass is 149 g/mol. The highest BCUT2D eigenvalue weighted by Gasteiger charge is 2.27. The number of nitrogens with one attached hydrogen (secondary N) is 1. The van der Waals surface area contributed by atoms with Crippen molar-refractivity contribution < 1.29 is 12.9 Å². The zero-order chi connectivity index (χ0) is 7.78. The molecule has 1 rings (SSSR count). The number of H-pyrrole nitrogens is 1. The lowest BCUT2D eigenvalue weighted by molar-refractivity contribution is 0.498. The van der Waals surface area contributed by atoms with E-state index in [0.29, 0.717) is 5.69 Å². The van der Waals surface area contributed by atoms with Gasteiger partial charge in [0.15, 0.2) is 0 Å². The van der Waals surface area contributed by atoms with E-state index in [-0.39, 0.29) is 0 Å². The van der Waals surface area contributed by atoms with Crippen LogP contribution >= 0.6 is 0 Å². The average molecular weight is 149 g/mol. The Morgan fingerprint density at radius 2 is 2.10 bits per heavy atom. The summed E-state index contributed by atoms with van der Waals surface area (Å²) < 4.78 is 35.4. The minimum Gasteiger partial charge on any atom is -0.444 e. The van der Waals surface area contributed by atoms with Crippen LogP contribution in [0, 0.1) is 6.92 Å². The molecule has 0 fully saturated rings. The summed E-state index contributed by atoms with van der Waals surface area (Å²) in [5, 5.41) is 5.25. The highest BCUT2D eigenvalue weighted by atomic mass is 19.4. The summed E-state index contributed by atoms with van der Waals surface area (Å²) in [4.78, 5) is 0. The first kappa shape index (κ1) is 7.18. The van der Waals surface area contributed by atoms with E-state index in [0.717, 1.165) is 6.07 Å². The SMILES string of the molecule is Cc1cc([B-](F)(F)F)[nH]n1. The molecule has 0 amide bonds. The Balaban J connectivity index is 2.96. The van der Waals surface area contributed by atoms with Gasteiger partial charge in [-0.15, -0.1) is 0 Å². The van der Waals surface area contributed by atoms with Gasteiger partial charge in [0.25, 0.3) is 0 Å². The molecular weight excluding hydrogens is 144 g/mol. The third-order valence-electron chi connectivity index (χ3n) is 1.08. The molecule has 0 saturated carbocycles. The molecule has 0 aliphatic carbocycles. The van der Waals surface area contributed by atoms with Gasteiger partial charge in [-0.1, -0.05) is 0 Å². The lowest BCUT2D eigenvalue weighted by Gasteiger charge is -2.09. The van der Waals surface area contributed by atoms with Crippen molar-refractivity contribution in [2.24, 2.45) is 0 Å². The number of aromatic amines is 1. The predicted molar refractivity (Wildman–Crippen MR) is 32.0 cm³/mol. The molecule has 0 atom stereocenters. The van der Waals surface area contributed by atoms with Crippen LogP contribution < -0.4 is 5.59 Å². The Labute approximate surface area is 55.5 Å². The molecule has 56 valence electrons. The topological polar surface area (TPSA) is 28.7 Å². The summed E-state index contributed by atoms with van der Waals surface area (Å²) in [6.07, 6.45) is 0. The van der Waals surface area contributed by atoms with Crippen molar-refractivity contribution in [2.75, 3.05) is 0 Å². The zero-order valence-electron chi connectivity index (χ0n) is 5.24. The zero-order valence-corrected chi connectivity index (χ0v) is 5.24. The fourth-order valence-electron chi connectivity index (χ4n) is 0.610. The van der Waals surface area contributed by atoms with Crippen molar-refractivity contribution in [3.8, 4) is 0 Å². The van der Waals surface area contributed by atoms with E-state index in [1.165, 1.54) is 6.92 Å². The summed E-state index contributed by atoms with van der Waals surface area (Å²) in [6, 6.07) is 0.986. The Hall–Kier alpha value is -0.935. The molecule has 0 bridgehead atoms. The van der Waals surface area contributed by atoms with Gasteiger partial charge in [0.1, 0.15) is 0 Å². The van der Waals surface area contributed by atoms with Gasteiger partial charge in [-0.3, -0.25) is 0 Å². The fraction of sp³-hybridized carbons (Fsp3) is 0.250. The van der Waals surface area contributed by atoms with E-state index in [4.69, 9.17) is 0 Å². The summed E-state index contributed by atoms with van der Waals surface area (Å²) in [5.74, 6) is 0. The van der Waals surface area contributed by atoms with E-state index in [1.54, 1.807) is 0 Å². The Morgan fingerprint density at radius 1 is 1.50 bits per heavy atom. The van der Waals surface area contributed by atoms with Crippen molar-refractivity contribution in [1.29, 1.82) is 0 Å². The van der Waals surface area contributed by atoms with Crippen molar-refractivity contribution in [3.63, 3.8) is 0 Å². The number of nitrogens with zero attached hydrogens (tertiary/aromatic N) is 1. The molecule has 10 heavy (non-hydrogen) atoms. The number of halogens is 3. The second kappa shape index (κ2) is 2.03. The maximum absolute atomic E-state index is 11.8. The lowest BCUT2D eigenvalue weighted by atomic mass is 9.86. The van der Waals surface area contributed by atoms with Crippen LogP contribution in [0.25, 0.3) is 0 Å². The van der Waals surface area contributed by atoms with E-state index < -0.39 is 12.6 Å². The number of aromatic nitrogens is 2. The second-order valence-electron chi connectivity index (χ2n) is 2.04. The van der Waals surface area contributed by atoms with Crippen LogP contribution in [0.5, 0.6) is 0 Å². The fourth-order valence-corrected chi connectivity index (χ4v) is 0.610. The second-order valence-corrected chi connectivity index (χ2v) is 2.04. The molecule has 1 aromatic heterocycles. The van der Waals surface area contributed by atoms with Gasteiger partial charge in [0.2, 0.25) is 0 Å². The van der Waals surface area contributed by atoms with Crippen LogP contribution in [0.2, 0.25) is 0 Å². The molecular formula is C4H5BF3N2-. The van der Waals surface area contributed by atoms with Crippen LogP contribution in [0.3, 0.4) is 0 Å². The summed E-state index contributed by atoms with van der Waals surface area (Å²) >= 11 is 0. The molecule has 1 aromatic rings. The van der Waals surface area contributed by atoms with E-state index in [9.17, 15) is 12.9 Å². The van der Waals surface area contributed by atoms with Crippen LogP contribution in [-0.2, 0) is 0 Å². The largest absolute Gasteiger partial charge is 0.527 e. The highest BCUT2D eigenvalue weighted by molar-refractivity contribution is 6.72. The summed E-state index contributed by atoms with van der Waals surface area (Å²) in [7, 11) is 0. The Bertz CT molecular complexity index is 229. The van der Waals surface area contributed by atoms with Gasteiger partial charge >= 0.3 is 6.98 Å². The number of aryl methyl sites for hydroxylation is 1. The van der Waals surface area contributed by atoms with Crippen molar-refractivity contribution in [3.05, 3.63) is 11.8 Å². The molecule has 2 nitrogen and oxygen atoms in total. The van der Waals surface area contributed by atoms with Crippen LogP contribution in [-0.4, -0.2) is 17.2 Å². The van der Waals surface area contributed by atoms with Crippen LogP contribution in [0.1, 0.15) is 5.69 Å². The lowest BCUT2D eigenvalue weighted by Crippen LogP contribution is -2.35. The smallest absolute Gasteiger partial charge is 0.444 e. The molecule has 0 aliphatic rings. The maximum Gasteiger partial charge on any atom is 0.527 e. The van der Waals surface area contributed by atoms with Crippen LogP contribution in [0.15, 0.2) is 6.07 Å². The molecule has 1 heterocycles. The average Bonchev–Trinajstić information content (AvgIpc) is 2.11. The highest BCUT2D eigenvalue weighted by Crippen LogP contribution is 2.06. The first-order valence-corrected chi connectivity index (χ1v) is 2.72.